The number of imidazole rings is 1. The second kappa shape index (κ2) is 10.7. The zero-order valence-corrected chi connectivity index (χ0v) is 20.8. The molecule has 1 saturated heterocycles. The van der Waals surface area contributed by atoms with Gasteiger partial charge in [-0.1, -0.05) is 6.07 Å². The molecule has 0 aliphatic carbocycles. The van der Waals surface area contributed by atoms with E-state index in [4.69, 9.17) is 4.98 Å². The summed E-state index contributed by atoms with van der Waals surface area (Å²) in [4.78, 5) is 37.6. The molecule has 4 aromatic rings. The average molecular weight is 498 g/mol. The molecule has 0 unspecified atom stereocenters. The fourth-order valence-corrected chi connectivity index (χ4v) is 5.04. The molecule has 36 heavy (non-hydrogen) atoms. The second-order valence-electron chi connectivity index (χ2n) is 8.80. The van der Waals surface area contributed by atoms with Crippen molar-refractivity contribution in [2.24, 2.45) is 0 Å². The van der Waals surface area contributed by atoms with E-state index in [0.29, 0.717) is 24.3 Å². The van der Waals surface area contributed by atoms with E-state index in [1.165, 1.54) is 0 Å². The van der Waals surface area contributed by atoms with E-state index in [1.807, 2.05) is 82.6 Å². The highest BCUT2D eigenvalue weighted by Crippen LogP contribution is 2.30. The van der Waals surface area contributed by atoms with Crippen LogP contribution in [-0.2, 0) is 4.79 Å². The molecule has 1 aromatic carbocycles. The molecule has 0 saturated carbocycles. The normalized spacial score (nSPS) is 14.3. The molecule has 182 valence electrons. The number of carbonyl (C=O) groups is 2. The number of benzene rings is 1. The monoisotopic (exact) mass is 497 g/mol. The average Bonchev–Trinajstić information content (AvgIpc) is 3.63. The Morgan fingerprint density at radius 3 is 2.58 bits per heavy atom. The summed E-state index contributed by atoms with van der Waals surface area (Å²) in [6, 6.07) is 15.3. The molecule has 2 amide bonds. The summed E-state index contributed by atoms with van der Waals surface area (Å²) in [5, 5.41) is 5.01. The Labute approximate surface area is 214 Å². The van der Waals surface area contributed by atoms with Gasteiger partial charge in [-0.05, 0) is 73.7 Å². The Balaban J connectivity index is 1.25. The smallest absolute Gasteiger partial charge is 0.257 e. The summed E-state index contributed by atoms with van der Waals surface area (Å²) in [6.45, 7) is 3.23. The van der Waals surface area contributed by atoms with Crippen molar-refractivity contribution in [2.75, 3.05) is 18.4 Å². The van der Waals surface area contributed by atoms with Gasteiger partial charge in [0.15, 0.2) is 0 Å². The van der Waals surface area contributed by atoms with Crippen LogP contribution in [0.25, 0.3) is 11.8 Å². The Hall–Kier alpha value is -4.04. The zero-order valence-electron chi connectivity index (χ0n) is 20.0. The van der Waals surface area contributed by atoms with Gasteiger partial charge in [0, 0.05) is 59.4 Å². The van der Waals surface area contributed by atoms with Gasteiger partial charge in [-0.15, -0.1) is 11.3 Å². The molecule has 1 aliphatic heterocycles. The fourth-order valence-electron chi connectivity index (χ4n) is 4.43. The number of rotatable bonds is 6. The highest BCUT2D eigenvalue weighted by atomic mass is 32.1. The Kier molecular flexibility index (Phi) is 7.04. The minimum Gasteiger partial charge on any atom is -0.339 e. The second-order valence-corrected chi connectivity index (χ2v) is 9.78. The van der Waals surface area contributed by atoms with Crippen molar-refractivity contribution < 1.29 is 9.59 Å². The van der Waals surface area contributed by atoms with Gasteiger partial charge in [0.2, 0.25) is 5.91 Å². The lowest BCUT2D eigenvalue weighted by Gasteiger charge is -2.32. The molecular weight excluding hydrogens is 470 g/mol. The number of pyridine rings is 1. The third-order valence-corrected chi connectivity index (χ3v) is 7.20. The lowest BCUT2D eigenvalue weighted by molar-refractivity contribution is -0.127. The van der Waals surface area contributed by atoms with Crippen molar-refractivity contribution in [1.82, 2.24) is 19.4 Å². The van der Waals surface area contributed by atoms with Gasteiger partial charge in [0.25, 0.3) is 5.91 Å². The van der Waals surface area contributed by atoms with Crippen molar-refractivity contribution in [1.29, 1.82) is 0 Å². The number of nitrogens with zero attached hydrogens (tertiary/aromatic N) is 4. The van der Waals surface area contributed by atoms with E-state index in [-0.39, 0.29) is 17.7 Å². The molecule has 1 fully saturated rings. The van der Waals surface area contributed by atoms with Crippen molar-refractivity contribution >= 4 is 34.9 Å². The molecule has 0 radical (unpaired) electrons. The molecule has 0 spiro atoms. The number of amides is 2. The number of hydrogen-bond acceptors (Lipinski definition) is 5. The van der Waals surface area contributed by atoms with Crippen molar-refractivity contribution in [2.45, 2.75) is 25.7 Å². The van der Waals surface area contributed by atoms with Crippen molar-refractivity contribution in [3.05, 3.63) is 101 Å². The maximum absolute atomic E-state index is 13.2. The molecule has 5 rings (SSSR count). The highest BCUT2D eigenvalue weighted by molar-refractivity contribution is 7.10. The molecule has 1 aliphatic rings. The molecule has 0 atom stereocenters. The number of anilines is 1. The van der Waals surface area contributed by atoms with E-state index in [0.717, 1.165) is 34.8 Å². The molecule has 1 N–H and O–H groups in total. The van der Waals surface area contributed by atoms with Crippen LogP contribution in [0.15, 0.2) is 78.7 Å². The number of piperidine rings is 1. The summed E-state index contributed by atoms with van der Waals surface area (Å²) >= 11 is 1.61. The first-order valence-corrected chi connectivity index (χ1v) is 12.8. The van der Waals surface area contributed by atoms with Crippen LogP contribution in [0.4, 0.5) is 5.69 Å². The van der Waals surface area contributed by atoms with Crippen LogP contribution in [0.2, 0.25) is 0 Å². The standard InChI is InChI=1S/C28H27N5O2S/c1-20-4-10-25(28(35)31-22-5-7-23(8-6-22)33-17-14-29-19-33)27(30-20)21-12-15-32(16-13-21)26(34)11-9-24-3-2-18-36-24/h2-11,14,17-19,21H,12-13,15-16H2,1H3,(H,31,35). The van der Waals surface area contributed by atoms with E-state index >= 15 is 0 Å². The van der Waals surface area contributed by atoms with Crippen LogP contribution in [0.1, 0.15) is 45.4 Å². The first-order valence-electron chi connectivity index (χ1n) is 11.9. The first-order chi connectivity index (χ1) is 17.6. The number of aryl methyl sites for hydroxylation is 1. The minimum absolute atomic E-state index is 0.0242. The zero-order chi connectivity index (χ0) is 24.9. The van der Waals surface area contributed by atoms with Crippen LogP contribution in [-0.4, -0.2) is 44.3 Å². The summed E-state index contributed by atoms with van der Waals surface area (Å²) in [5.74, 6) is -0.0268. The number of hydrogen-bond donors (Lipinski definition) is 1. The number of aromatic nitrogens is 3. The van der Waals surface area contributed by atoms with E-state index in [1.54, 1.807) is 29.9 Å². The summed E-state index contributed by atoms with van der Waals surface area (Å²) < 4.78 is 1.91. The molecule has 3 aromatic heterocycles. The minimum atomic E-state index is -0.176. The summed E-state index contributed by atoms with van der Waals surface area (Å²) in [5.41, 5.74) is 3.96. The topological polar surface area (TPSA) is 80.1 Å². The van der Waals surface area contributed by atoms with Gasteiger partial charge in [0.1, 0.15) is 0 Å². The Bertz CT molecular complexity index is 1350. The van der Waals surface area contributed by atoms with Gasteiger partial charge in [-0.2, -0.15) is 0 Å². The Morgan fingerprint density at radius 1 is 1.08 bits per heavy atom. The molecular formula is C28H27N5O2S. The number of carbonyl (C=O) groups excluding carboxylic acids is 2. The van der Waals surface area contributed by atoms with Gasteiger partial charge < -0.3 is 14.8 Å². The van der Waals surface area contributed by atoms with Gasteiger partial charge in [-0.3, -0.25) is 14.6 Å². The van der Waals surface area contributed by atoms with Crippen LogP contribution in [0, 0.1) is 6.92 Å². The van der Waals surface area contributed by atoms with E-state index < -0.39 is 0 Å². The summed E-state index contributed by atoms with van der Waals surface area (Å²) in [6.07, 6.45) is 10.4. The Morgan fingerprint density at radius 2 is 1.89 bits per heavy atom. The highest BCUT2D eigenvalue weighted by Gasteiger charge is 2.27. The largest absolute Gasteiger partial charge is 0.339 e. The van der Waals surface area contributed by atoms with Crippen molar-refractivity contribution in [3.63, 3.8) is 0 Å². The number of likely N-dealkylation sites (tertiary alicyclic amines) is 1. The molecule has 8 heteroatoms. The van der Waals surface area contributed by atoms with Crippen LogP contribution >= 0.6 is 11.3 Å². The predicted octanol–water partition coefficient (Wildman–Crippen LogP) is 5.31. The SMILES string of the molecule is Cc1ccc(C(=O)Nc2ccc(-n3ccnc3)cc2)c(C2CCN(C(=O)C=Cc3cccs3)CC2)n1. The van der Waals surface area contributed by atoms with E-state index in [9.17, 15) is 9.59 Å². The predicted molar refractivity (Wildman–Crippen MR) is 142 cm³/mol. The van der Waals surface area contributed by atoms with Gasteiger partial charge >= 0.3 is 0 Å². The molecule has 4 heterocycles. The molecule has 7 nitrogen and oxygen atoms in total. The third kappa shape index (κ3) is 5.44. The maximum Gasteiger partial charge on any atom is 0.257 e. The maximum atomic E-state index is 13.2. The lowest BCUT2D eigenvalue weighted by atomic mass is 9.89. The fraction of sp³-hybridized carbons (Fsp3) is 0.214. The molecule has 0 bridgehead atoms. The van der Waals surface area contributed by atoms with Crippen molar-refractivity contribution in [3.8, 4) is 5.69 Å². The first kappa shape index (κ1) is 23.7. The van der Waals surface area contributed by atoms with Crippen LogP contribution < -0.4 is 5.32 Å². The quantitative estimate of drug-likeness (QED) is 0.366. The third-order valence-electron chi connectivity index (χ3n) is 6.36. The van der Waals surface area contributed by atoms with Crippen LogP contribution in [0.3, 0.4) is 0 Å². The van der Waals surface area contributed by atoms with Crippen LogP contribution in [0.5, 0.6) is 0 Å². The van der Waals surface area contributed by atoms with E-state index in [2.05, 4.69) is 10.3 Å². The lowest BCUT2D eigenvalue weighted by Crippen LogP contribution is -2.37. The number of nitrogens with one attached hydrogen (secondary N) is 1. The van der Waals surface area contributed by atoms with Gasteiger partial charge in [0.05, 0.1) is 17.6 Å². The van der Waals surface area contributed by atoms with Gasteiger partial charge in [-0.25, -0.2) is 4.98 Å². The summed E-state index contributed by atoms with van der Waals surface area (Å²) in [7, 11) is 0. The number of thiophene rings is 1.